The normalized spacial score (nSPS) is 13.4. The molecule has 3 heterocycles. The van der Waals surface area contributed by atoms with Crippen molar-refractivity contribution in [2.24, 2.45) is 0 Å². The Balaban J connectivity index is 0.00000176. The van der Waals surface area contributed by atoms with Gasteiger partial charge in [0.15, 0.2) is 5.69 Å². The van der Waals surface area contributed by atoms with Crippen LogP contribution in [0.4, 0.5) is 0 Å². The molecule has 22 heavy (non-hydrogen) atoms. The van der Waals surface area contributed by atoms with Crippen LogP contribution in [0.15, 0.2) is 0 Å². The smallest absolute Gasteiger partial charge is 0.272 e. The molecule has 0 atom stereocenters. The Morgan fingerprint density at radius 1 is 1.41 bits per heavy atom. The van der Waals surface area contributed by atoms with E-state index in [0.717, 1.165) is 41.3 Å². The first kappa shape index (κ1) is 16.9. The summed E-state index contributed by atoms with van der Waals surface area (Å²) in [4.78, 5) is 17.9. The van der Waals surface area contributed by atoms with Crippen LogP contribution in [-0.4, -0.2) is 34.2 Å². The highest BCUT2D eigenvalue weighted by Crippen LogP contribution is 2.17. The Bertz CT molecular complexity index is 647. The lowest BCUT2D eigenvalue weighted by Crippen LogP contribution is -2.29. The van der Waals surface area contributed by atoms with E-state index < -0.39 is 0 Å². The molecule has 2 aromatic rings. The van der Waals surface area contributed by atoms with E-state index >= 15 is 0 Å². The average Bonchev–Trinajstić information content (AvgIpc) is 3.03. The van der Waals surface area contributed by atoms with E-state index in [9.17, 15) is 4.79 Å². The van der Waals surface area contributed by atoms with E-state index in [-0.39, 0.29) is 18.3 Å². The van der Waals surface area contributed by atoms with E-state index in [2.05, 4.69) is 32.7 Å². The second kappa shape index (κ2) is 7.21. The Kier molecular flexibility index (Phi) is 5.55. The summed E-state index contributed by atoms with van der Waals surface area (Å²) in [6.45, 7) is 6.30. The standard InChI is InChI=1S/C14H19N5OS.ClH/c1-8-9(2)21-12(17-8)4-6-16-14(20)13-10-7-15-5-3-11(10)18-19-13;/h15H,3-7H2,1-2H3,(H,16,20)(H,18,19);1H. The number of H-pyrrole nitrogens is 1. The van der Waals surface area contributed by atoms with Crippen molar-refractivity contribution in [3.63, 3.8) is 0 Å². The highest BCUT2D eigenvalue weighted by Gasteiger charge is 2.21. The van der Waals surface area contributed by atoms with Crippen molar-refractivity contribution in [1.82, 2.24) is 25.8 Å². The molecular formula is C14H20ClN5OS. The Morgan fingerprint density at radius 2 is 2.23 bits per heavy atom. The van der Waals surface area contributed by atoms with Crippen molar-refractivity contribution in [1.29, 1.82) is 0 Å². The van der Waals surface area contributed by atoms with Crippen LogP contribution in [-0.2, 0) is 19.4 Å². The van der Waals surface area contributed by atoms with Gasteiger partial charge >= 0.3 is 0 Å². The van der Waals surface area contributed by atoms with E-state index in [1.807, 2.05) is 6.92 Å². The van der Waals surface area contributed by atoms with Crippen molar-refractivity contribution < 1.29 is 4.79 Å². The lowest BCUT2D eigenvalue weighted by molar-refractivity contribution is 0.0948. The molecule has 120 valence electrons. The molecule has 1 aliphatic heterocycles. The van der Waals surface area contributed by atoms with Crippen molar-refractivity contribution in [3.05, 3.63) is 32.5 Å². The fraction of sp³-hybridized carbons (Fsp3) is 0.500. The Morgan fingerprint density at radius 3 is 2.95 bits per heavy atom. The summed E-state index contributed by atoms with van der Waals surface area (Å²) in [7, 11) is 0. The number of nitrogens with one attached hydrogen (secondary N) is 3. The number of fused-ring (bicyclic) bond motifs is 1. The molecule has 0 saturated carbocycles. The summed E-state index contributed by atoms with van der Waals surface area (Å²) in [6, 6.07) is 0. The zero-order chi connectivity index (χ0) is 14.8. The van der Waals surface area contributed by atoms with Gasteiger partial charge < -0.3 is 10.6 Å². The third kappa shape index (κ3) is 3.48. The van der Waals surface area contributed by atoms with Gasteiger partial charge in [-0.3, -0.25) is 9.89 Å². The minimum atomic E-state index is -0.110. The van der Waals surface area contributed by atoms with Crippen LogP contribution in [0.5, 0.6) is 0 Å². The van der Waals surface area contributed by atoms with Crippen LogP contribution in [0.1, 0.15) is 37.3 Å². The number of hydrogen-bond acceptors (Lipinski definition) is 5. The number of carbonyl (C=O) groups excluding carboxylic acids is 1. The molecule has 0 radical (unpaired) electrons. The number of rotatable bonds is 4. The minimum absolute atomic E-state index is 0. The quantitative estimate of drug-likeness (QED) is 0.787. The molecule has 2 aromatic heterocycles. The highest BCUT2D eigenvalue weighted by molar-refractivity contribution is 7.11. The molecule has 1 amide bonds. The number of nitrogens with zero attached hydrogens (tertiary/aromatic N) is 2. The number of amides is 1. The zero-order valence-electron chi connectivity index (χ0n) is 12.7. The second-order valence-corrected chi connectivity index (χ2v) is 6.50. The molecule has 6 nitrogen and oxygen atoms in total. The minimum Gasteiger partial charge on any atom is -0.350 e. The van der Waals surface area contributed by atoms with Crippen LogP contribution in [0.25, 0.3) is 0 Å². The van der Waals surface area contributed by atoms with Gasteiger partial charge in [0.05, 0.1) is 10.7 Å². The van der Waals surface area contributed by atoms with Crippen LogP contribution >= 0.6 is 23.7 Å². The van der Waals surface area contributed by atoms with E-state index in [4.69, 9.17) is 0 Å². The Hall–Kier alpha value is -1.44. The number of halogens is 1. The summed E-state index contributed by atoms with van der Waals surface area (Å²) < 4.78 is 0. The summed E-state index contributed by atoms with van der Waals surface area (Å²) >= 11 is 1.69. The van der Waals surface area contributed by atoms with Crippen LogP contribution in [0.2, 0.25) is 0 Å². The lowest BCUT2D eigenvalue weighted by Gasteiger charge is -2.12. The first-order chi connectivity index (χ1) is 10.1. The molecule has 0 spiro atoms. The number of hydrogen-bond donors (Lipinski definition) is 3. The summed E-state index contributed by atoms with van der Waals surface area (Å²) in [5.41, 5.74) is 3.67. The molecule has 3 N–H and O–H groups in total. The average molecular weight is 342 g/mol. The maximum absolute atomic E-state index is 12.2. The van der Waals surface area contributed by atoms with Crippen LogP contribution < -0.4 is 10.6 Å². The van der Waals surface area contributed by atoms with Gasteiger partial charge in [-0.25, -0.2) is 4.98 Å². The van der Waals surface area contributed by atoms with Crippen molar-refractivity contribution >= 4 is 29.7 Å². The van der Waals surface area contributed by atoms with Gasteiger partial charge in [-0.1, -0.05) is 0 Å². The fourth-order valence-corrected chi connectivity index (χ4v) is 3.36. The number of aromatic nitrogens is 3. The van der Waals surface area contributed by atoms with E-state index in [1.165, 1.54) is 4.88 Å². The van der Waals surface area contributed by atoms with E-state index in [1.54, 1.807) is 11.3 Å². The van der Waals surface area contributed by atoms with Gasteiger partial charge in [0.2, 0.25) is 0 Å². The fourth-order valence-electron chi connectivity index (χ4n) is 2.43. The molecule has 0 unspecified atom stereocenters. The predicted octanol–water partition coefficient (Wildman–Crippen LogP) is 1.52. The molecular weight excluding hydrogens is 322 g/mol. The highest BCUT2D eigenvalue weighted by atomic mass is 35.5. The molecule has 0 bridgehead atoms. The maximum atomic E-state index is 12.2. The first-order valence-corrected chi connectivity index (χ1v) is 7.94. The second-order valence-electron chi connectivity index (χ2n) is 5.21. The molecule has 0 saturated heterocycles. The molecule has 0 aliphatic carbocycles. The maximum Gasteiger partial charge on any atom is 0.272 e. The predicted molar refractivity (Wildman–Crippen MR) is 88.9 cm³/mol. The third-order valence-electron chi connectivity index (χ3n) is 3.72. The molecule has 1 aliphatic rings. The van der Waals surface area contributed by atoms with Gasteiger partial charge in [-0.05, 0) is 13.8 Å². The van der Waals surface area contributed by atoms with Gasteiger partial charge in [0, 0.05) is 48.6 Å². The van der Waals surface area contributed by atoms with Crippen molar-refractivity contribution in [2.75, 3.05) is 13.1 Å². The summed E-state index contributed by atoms with van der Waals surface area (Å²) in [6.07, 6.45) is 1.66. The SMILES string of the molecule is Cc1nc(CCNC(=O)c2n[nH]c3c2CNCC3)sc1C.Cl. The molecule has 8 heteroatoms. The lowest BCUT2D eigenvalue weighted by atomic mass is 10.1. The van der Waals surface area contributed by atoms with Gasteiger partial charge in [-0.15, -0.1) is 23.7 Å². The van der Waals surface area contributed by atoms with Crippen molar-refractivity contribution in [3.8, 4) is 0 Å². The van der Waals surface area contributed by atoms with E-state index in [0.29, 0.717) is 18.8 Å². The number of thiazole rings is 1. The summed E-state index contributed by atoms with van der Waals surface area (Å²) in [5, 5.41) is 14.4. The molecule has 3 rings (SSSR count). The van der Waals surface area contributed by atoms with Crippen LogP contribution in [0, 0.1) is 13.8 Å². The third-order valence-corrected chi connectivity index (χ3v) is 4.85. The largest absolute Gasteiger partial charge is 0.350 e. The molecule has 0 fully saturated rings. The zero-order valence-corrected chi connectivity index (χ0v) is 14.3. The molecule has 0 aromatic carbocycles. The summed E-state index contributed by atoms with van der Waals surface area (Å²) in [5.74, 6) is -0.110. The first-order valence-electron chi connectivity index (χ1n) is 7.13. The van der Waals surface area contributed by atoms with Gasteiger partial charge in [0.1, 0.15) is 0 Å². The van der Waals surface area contributed by atoms with Gasteiger partial charge in [-0.2, -0.15) is 5.10 Å². The number of aromatic amines is 1. The topological polar surface area (TPSA) is 82.7 Å². The Labute approximate surface area is 139 Å². The number of carbonyl (C=O) groups is 1. The van der Waals surface area contributed by atoms with Crippen LogP contribution in [0.3, 0.4) is 0 Å². The monoisotopic (exact) mass is 341 g/mol. The van der Waals surface area contributed by atoms with Crippen molar-refractivity contribution in [2.45, 2.75) is 33.2 Å². The number of aryl methyl sites for hydroxylation is 2. The van der Waals surface area contributed by atoms with Gasteiger partial charge in [0.25, 0.3) is 5.91 Å².